The van der Waals surface area contributed by atoms with Crippen molar-refractivity contribution in [2.24, 2.45) is 7.05 Å². The zero-order chi connectivity index (χ0) is 12.8. The highest BCUT2D eigenvalue weighted by Crippen LogP contribution is 2.39. The topological polar surface area (TPSA) is 50.9 Å². The monoisotopic (exact) mass is 247 g/mol. The fraction of sp³-hybridized carbons (Fsp3) is 0.385. The molecule has 0 bridgehead atoms. The lowest BCUT2D eigenvalue weighted by atomic mass is 9.91. The van der Waals surface area contributed by atoms with E-state index in [1.54, 1.807) is 30.1 Å². The second-order valence-electron chi connectivity index (χ2n) is 4.86. The number of aromatic nitrogens is 3. The molecular weight excluding hydrogens is 233 g/mol. The van der Waals surface area contributed by atoms with Gasteiger partial charge in [0.2, 0.25) is 0 Å². The van der Waals surface area contributed by atoms with Crippen molar-refractivity contribution < 1.29 is 9.50 Å². The Bertz CT molecular complexity index is 596. The van der Waals surface area contributed by atoms with E-state index in [0.29, 0.717) is 30.4 Å². The molecular formula is C13H14FN3O. The molecule has 5 heteroatoms. The third kappa shape index (κ3) is 1.71. The molecule has 1 atom stereocenters. The fourth-order valence-corrected chi connectivity index (χ4v) is 2.67. The molecule has 94 valence electrons. The summed E-state index contributed by atoms with van der Waals surface area (Å²) in [6.07, 6.45) is 3.24. The Kier molecular flexibility index (Phi) is 2.45. The van der Waals surface area contributed by atoms with E-state index < -0.39 is 5.60 Å². The predicted molar refractivity (Wildman–Crippen MR) is 63.3 cm³/mol. The first-order valence-electron chi connectivity index (χ1n) is 5.94. The number of hydrogen-bond acceptors (Lipinski definition) is 3. The lowest BCUT2D eigenvalue weighted by molar-refractivity contribution is 0.0379. The van der Waals surface area contributed by atoms with Crippen molar-refractivity contribution in [3.63, 3.8) is 0 Å². The molecule has 1 aromatic heterocycles. The molecule has 3 rings (SSSR count). The number of aryl methyl sites for hydroxylation is 1. The number of fused-ring (bicyclic) bond motifs is 1. The minimum Gasteiger partial charge on any atom is -0.385 e. The molecule has 1 aliphatic rings. The first-order valence-corrected chi connectivity index (χ1v) is 5.94. The van der Waals surface area contributed by atoms with E-state index in [4.69, 9.17) is 0 Å². The largest absolute Gasteiger partial charge is 0.385 e. The lowest BCUT2D eigenvalue weighted by Crippen LogP contribution is -2.25. The summed E-state index contributed by atoms with van der Waals surface area (Å²) in [6, 6.07) is 4.87. The Morgan fingerprint density at radius 2 is 2.33 bits per heavy atom. The molecule has 0 amide bonds. The van der Waals surface area contributed by atoms with Gasteiger partial charge < -0.3 is 5.11 Å². The molecule has 0 radical (unpaired) electrons. The molecule has 0 fully saturated rings. The number of halogens is 1. The van der Waals surface area contributed by atoms with E-state index in [0.717, 1.165) is 5.69 Å². The molecule has 18 heavy (non-hydrogen) atoms. The van der Waals surface area contributed by atoms with Crippen LogP contribution in [-0.4, -0.2) is 20.1 Å². The van der Waals surface area contributed by atoms with Gasteiger partial charge in [-0.05, 0) is 30.0 Å². The molecule has 0 spiro atoms. The second-order valence-corrected chi connectivity index (χ2v) is 4.86. The van der Waals surface area contributed by atoms with E-state index in [2.05, 4.69) is 10.3 Å². The molecule has 1 N–H and O–H groups in total. The minimum absolute atomic E-state index is 0.234. The van der Waals surface area contributed by atoms with Crippen molar-refractivity contribution in [2.45, 2.75) is 24.9 Å². The van der Waals surface area contributed by atoms with Crippen molar-refractivity contribution in [1.29, 1.82) is 0 Å². The number of nitrogens with zero attached hydrogens (tertiary/aromatic N) is 3. The summed E-state index contributed by atoms with van der Waals surface area (Å²) in [4.78, 5) is 0. The summed E-state index contributed by atoms with van der Waals surface area (Å²) < 4.78 is 15.2. The van der Waals surface area contributed by atoms with Crippen LogP contribution in [0, 0.1) is 5.82 Å². The van der Waals surface area contributed by atoms with Crippen LogP contribution in [0.1, 0.15) is 23.2 Å². The Morgan fingerprint density at radius 3 is 3.06 bits per heavy atom. The molecule has 4 nitrogen and oxygen atoms in total. The van der Waals surface area contributed by atoms with Crippen molar-refractivity contribution in [3.8, 4) is 0 Å². The third-order valence-electron chi connectivity index (χ3n) is 3.53. The molecule has 1 unspecified atom stereocenters. The Hall–Kier alpha value is -1.75. The van der Waals surface area contributed by atoms with E-state index in [-0.39, 0.29) is 5.82 Å². The molecule has 1 heterocycles. The van der Waals surface area contributed by atoms with E-state index in [1.165, 1.54) is 6.07 Å². The summed E-state index contributed by atoms with van der Waals surface area (Å²) in [7, 11) is 1.78. The van der Waals surface area contributed by atoms with Crippen LogP contribution in [0.5, 0.6) is 0 Å². The lowest BCUT2D eigenvalue weighted by Gasteiger charge is -2.22. The van der Waals surface area contributed by atoms with Gasteiger partial charge in [-0.25, -0.2) is 4.39 Å². The van der Waals surface area contributed by atoms with Crippen LogP contribution in [0.3, 0.4) is 0 Å². The number of rotatable bonds is 2. The van der Waals surface area contributed by atoms with Crippen molar-refractivity contribution in [2.75, 3.05) is 0 Å². The van der Waals surface area contributed by atoms with Gasteiger partial charge >= 0.3 is 0 Å². The summed E-state index contributed by atoms with van der Waals surface area (Å²) >= 11 is 0. The zero-order valence-corrected chi connectivity index (χ0v) is 10.1. The van der Waals surface area contributed by atoms with Gasteiger partial charge in [0.1, 0.15) is 5.82 Å². The number of benzene rings is 1. The van der Waals surface area contributed by atoms with Gasteiger partial charge in [0.05, 0.1) is 11.3 Å². The van der Waals surface area contributed by atoms with Gasteiger partial charge in [-0.1, -0.05) is 17.3 Å². The highest BCUT2D eigenvalue weighted by molar-refractivity contribution is 5.39. The highest BCUT2D eigenvalue weighted by atomic mass is 19.1. The first kappa shape index (κ1) is 11.3. The molecule has 0 aliphatic heterocycles. The summed E-state index contributed by atoms with van der Waals surface area (Å²) in [5.74, 6) is -0.234. The standard InChI is InChI=1S/C13H14FN3O/c1-17-8-9(15-16-17)7-13(18)6-5-10-11(13)3-2-4-12(10)14/h2-4,8,18H,5-7H2,1H3. The van der Waals surface area contributed by atoms with Crippen LogP contribution in [0.15, 0.2) is 24.4 Å². The fourth-order valence-electron chi connectivity index (χ4n) is 2.67. The van der Waals surface area contributed by atoms with Crippen LogP contribution in [-0.2, 0) is 25.5 Å². The SMILES string of the molecule is Cn1cc(CC2(O)CCc3c(F)cccc32)nn1. The smallest absolute Gasteiger partial charge is 0.126 e. The maximum atomic E-state index is 13.6. The first-order chi connectivity index (χ1) is 8.58. The summed E-state index contributed by atoms with van der Waals surface area (Å²) in [5, 5.41) is 18.5. The van der Waals surface area contributed by atoms with Gasteiger partial charge in [0.25, 0.3) is 0 Å². The quantitative estimate of drug-likeness (QED) is 0.871. The molecule has 0 saturated heterocycles. The molecule has 0 saturated carbocycles. The average Bonchev–Trinajstić information content (AvgIpc) is 2.86. The normalized spacial score (nSPS) is 22.2. The van der Waals surface area contributed by atoms with Crippen LogP contribution < -0.4 is 0 Å². The summed E-state index contributed by atoms with van der Waals surface area (Å²) in [5.41, 5.74) is 1.02. The van der Waals surface area contributed by atoms with Gasteiger partial charge in [-0.2, -0.15) is 0 Å². The molecule has 1 aromatic carbocycles. The Labute approximate surface area is 104 Å². The minimum atomic E-state index is -1.02. The van der Waals surface area contributed by atoms with Crippen LogP contribution >= 0.6 is 0 Å². The van der Waals surface area contributed by atoms with Crippen LogP contribution in [0.2, 0.25) is 0 Å². The number of aliphatic hydroxyl groups is 1. The molecule has 1 aliphatic carbocycles. The van der Waals surface area contributed by atoms with E-state index in [9.17, 15) is 9.50 Å². The predicted octanol–water partition coefficient (Wildman–Crippen LogP) is 1.33. The van der Waals surface area contributed by atoms with Crippen molar-refractivity contribution in [1.82, 2.24) is 15.0 Å². The van der Waals surface area contributed by atoms with E-state index >= 15 is 0 Å². The average molecular weight is 247 g/mol. The number of hydrogen-bond donors (Lipinski definition) is 1. The van der Waals surface area contributed by atoms with Gasteiger partial charge in [-0.15, -0.1) is 5.10 Å². The van der Waals surface area contributed by atoms with Crippen LogP contribution in [0.4, 0.5) is 4.39 Å². The summed E-state index contributed by atoms with van der Waals surface area (Å²) in [6.45, 7) is 0. The highest BCUT2D eigenvalue weighted by Gasteiger charge is 2.38. The maximum Gasteiger partial charge on any atom is 0.126 e. The van der Waals surface area contributed by atoms with Crippen LogP contribution in [0.25, 0.3) is 0 Å². The Balaban J connectivity index is 1.96. The van der Waals surface area contributed by atoms with Crippen molar-refractivity contribution in [3.05, 3.63) is 47.0 Å². The zero-order valence-electron chi connectivity index (χ0n) is 10.1. The molecule has 2 aromatic rings. The van der Waals surface area contributed by atoms with Gasteiger partial charge in [0.15, 0.2) is 0 Å². The van der Waals surface area contributed by atoms with Gasteiger partial charge in [0, 0.05) is 19.7 Å². The third-order valence-corrected chi connectivity index (χ3v) is 3.53. The second kappa shape index (κ2) is 3.88. The van der Waals surface area contributed by atoms with Crippen molar-refractivity contribution >= 4 is 0 Å². The maximum absolute atomic E-state index is 13.6. The van der Waals surface area contributed by atoms with Gasteiger partial charge in [-0.3, -0.25) is 4.68 Å². The Morgan fingerprint density at radius 1 is 1.50 bits per heavy atom. The van der Waals surface area contributed by atoms with E-state index in [1.807, 2.05) is 0 Å².